The minimum Gasteiger partial charge on any atom is -0.480 e. The first-order valence-electron chi connectivity index (χ1n) is 9.25. The lowest BCUT2D eigenvalue weighted by molar-refractivity contribution is 0.160. The Morgan fingerprint density at radius 2 is 2.14 bits per heavy atom. The van der Waals surface area contributed by atoms with Crippen molar-refractivity contribution in [3.05, 3.63) is 36.3 Å². The van der Waals surface area contributed by atoms with E-state index in [0.29, 0.717) is 23.4 Å². The number of aryl methyl sites for hydroxylation is 1. The third-order valence-electron chi connectivity index (χ3n) is 4.46. The van der Waals surface area contributed by atoms with Gasteiger partial charge in [0, 0.05) is 18.3 Å². The highest BCUT2D eigenvalue weighted by Gasteiger charge is 2.16. The maximum Gasteiger partial charge on any atom is 0.234 e. The summed E-state index contributed by atoms with van der Waals surface area (Å²) < 4.78 is 11.3. The van der Waals surface area contributed by atoms with Crippen molar-refractivity contribution in [2.24, 2.45) is 0 Å². The fourth-order valence-corrected chi connectivity index (χ4v) is 3.10. The van der Waals surface area contributed by atoms with Gasteiger partial charge in [-0.15, -0.1) is 0 Å². The molecule has 28 heavy (non-hydrogen) atoms. The summed E-state index contributed by atoms with van der Waals surface area (Å²) in [6.07, 6.45) is 5.51. The molecule has 0 aliphatic carbocycles. The Hall–Kier alpha value is -3.20. The lowest BCUT2D eigenvalue weighted by atomic mass is 10.1. The summed E-state index contributed by atoms with van der Waals surface area (Å²) in [5.41, 5.74) is 2.42. The molecule has 0 amide bonds. The topological polar surface area (TPSA) is 110 Å². The molecule has 1 fully saturated rings. The lowest BCUT2D eigenvalue weighted by Gasteiger charge is -2.23. The Labute approximate surface area is 162 Å². The number of ether oxygens (including phenoxy) is 2. The average Bonchev–Trinajstić information content (AvgIpc) is 3.17. The Bertz CT molecular complexity index is 938. The van der Waals surface area contributed by atoms with Crippen LogP contribution in [0.1, 0.15) is 18.5 Å². The van der Waals surface area contributed by atoms with Crippen LogP contribution in [0.5, 0.6) is 11.8 Å². The van der Waals surface area contributed by atoms with Gasteiger partial charge in [-0.05, 0) is 38.4 Å². The fourth-order valence-electron chi connectivity index (χ4n) is 3.10. The lowest BCUT2D eigenvalue weighted by Crippen LogP contribution is -2.37. The van der Waals surface area contributed by atoms with Crippen molar-refractivity contribution < 1.29 is 9.47 Å². The van der Waals surface area contributed by atoms with Gasteiger partial charge in [0.1, 0.15) is 11.9 Å². The highest BCUT2D eigenvalue weighted by atomic mass is 16.5. The zero-order chi connectivity index (χ0) is 19.3. The minimum atomic E-state index is 0.124. The Kier molecular flexibility index (Phi) is 5.34. The zero-order valence-electron chi connectivity index (χ0n) is 15.9. The molecule has 4 rings (SSSR count). The number of H-pyrrole nitrogens is 1. The number of hydrogen-bond acceptors (Lipinski definition) is 8. The molecule has 3 aromatic heterocycles. The van der Waals surface area contributed by atoms with Gasteiger partial charge < -0.3 is 20.1 Å². The third-order valence-corrected chi connectivity index (χ3v) is 4.46. The molecule has 0 bridgehead atoms. The van der Waals surface area contributed by atoms with E-state index >= 15 is 0 Å². The highest BCUT2D eigenvalue weighted by molar-refractivity contribution is 5.69. The molecule has 3 N–H and O–H groups in total. The predicted octanol–water partition coefficient (Wildman–Crippen LogP) is 2.45. The third kappa shape index (κ3) is 4.20. The van der Waals surface area contributed by atoms with Gasteiger partial charge in [-0.1, -0.05) is 0 Å². The van der Waals surface area contributed by atoms with Crippen molar-refractivity contribution in [2.75, 3.05) is 25.5 Å². The molecule has 4 heterocycles. The standard InChI is InChI=1S/C19H23N7O2/c1-12-5-6-14(19(22-12)27-2)15-8-16(26-25-15)23-17-10-21-11-18(24-17)28-13-4-3-7-20-9-13/h5-6,8,10-11,13,20H,3-4,7,9H2,1-2H3,(H2,23,24,25,26). The number of rotatable bonds is 6. The minimum absolute atomic E-state index is 0.124. The van der Waals surface area contributed by atoms with E-state index in [9.17, 15) is 0 Å². The van der Waals surface area contributed by atoms with Gasteiger partial charge in [0.15, 0.2) is 5.82 Å². The zero-order valence-corrected chi connectivity index (χ0v) is 15.9. The summed E-state index contributed by atoms with van der Waals surface area (Å²) in [6.45, 7) is 3.78. The number of piperidine rings is 1. The fraction of sp³-hybridized carbons (Fsp3) is 0.368. The SMILES string of the molecule is COc1nc(C)ccc1-c1cc(Nc2cncc(OC3CCCNC3)n2)[nH]n1. The van der Waals surface area contributed by atoms with Crippen LogP contribution in [0, 0.1) is 6.92 Å². The molecule has 0 aromatic carbocycles. The van der Waals surface area contributed by atoms with Gasteiger partial charge in [0.2, 0.25) is 11.8 Å². The van der Waals surface area contributed by atoms with E-state index in [1.165, 1.54) is 0 Å². The number of nitrogens with zero attached hydrogens (tertiary/aromatic N) is 4. The predicted molar refractivity (Wildman–Crippen MR) is 105 cm³/mol. The maximum atomic E-state index is 5.92. The van der Waals surface area contributed by atoms with Crippen molar-refractivity contribution in [3.63, 3.8) is 0 Å². The number of pyridine rings is 1. The van der Waals surface area contributed by atoms with Crippen LogP contribution >= 0.6 is 0 Å². The van der Waals surface area contributed by atoms with Gasteiger partial charge in [0.25, 0.3) is 0 Å². The van der Waals surface area contributed by atoms with Crippen molar-refractivity contribution in [1.29, 1.82) is 0 Å². The Morgan fingerprint density at radius 1 is 1.21 bits per heavy atom. The summed E-state index contributed by atoms with van der Waals surface area (Å²) in [5.74, 6) is 2.30. The second kappa shape index (κ2) is 8.22. The molecule has 1 atom stereocenters. The molecule has 1 saturated heterocycles. The molecule has 9 nitrogen and oxygen atoms in total. The van der Waals surface area contributed by atoms with Gasteiger partial charge in [0.05, 0.1) is 30.8 Å². The summed E-state index contributed by atoms with van der Waals surface area (Å²) in [6, 6.07) is 5.73. The summed E-state index contributed by atoms with van der Waals surface area (Å²) in [5, 5.41) is 13.8. The van der Waals surface area contributed by atoms with Crippen LogP contribution in [0.2, 0.25) is 0 Å². The van der Waals surface area contributed by atoms with Crippen LogP contribution in [0.15, 0.2) is 30.6 Å². The number of aromatic nitrogens is 5. The van der Waals surface area contributed by atoms with Crippen LogP contribution in [-0.2, 0) is 0 Å². The number of methoxy groups -OCH3 is 1. The van der Waals surface area contributed by atoms with E-state index in [4.69, 9.17) is 9.47 Å². The van der Waals surface area contributed by atoms with E-state index in [1.807, 2.05) is 25.1 Å². The molecule has 146 valence electrons. The Balaban J connectivity index is 1.47. The van der Waals surface area contributed by atoms with E-state index < -0.39 is 0 Å². The first-order valence-corrected chi connectivity index (χ1v) is 9.25. The quantitative estimate of drug-likeness (QED) is 0.597. The number of anilines is 2. The van der Waals surface area contributed by atoms with E-state index in [0.717, 1.165) is 42.9 Å². The molecule has 3 aromatic rings. The van der Waals surface area contributed by atoms with Gasteiger partial charge in [-0.2, -0.15) is 10.1 Å². The molecular formula is C19H23N7O2. The van der Waals surface area contributed by atoms with E-state index in [2.05, 4.69) is 35.8 Å². The van der Waals surface area contributed by atoms with Crippen LogP contribution in [0.25, 0.3) is 11.3 Å². The average molecular weight is 381 g/mol. The molecule has 0 saturated carbocycles. The maximum absolute atomic E-state index is 5.92. The largest absolute Gasteiger partial charge is 0.480 e. The van der Waals surface area contributed by atoms with Crippen LogP contribution in [0.4, 0.5) is 11.6 Å². The number of hydrogen-bond donors (Lipinski definition) is 3. The second-order valence-corrected chi connectivity index (χ2v) is 6.63. The summed E-state index contributed by atoms with van der Waals surface area (Å²) in [7, 11) is 1.60. The van der Waals surface area contributed by atoms with Gasteiger partial charge in [-0.25, -0.2) is 4.98 Å². The monoisotopic (exact) mass is 381 g/mol. The Morgan fingerprint density at radius 3 is 2.96 bits per heavy atom. The summed E-state index contributed by atoms with van der Waals surface area (Å²) in [4.78, 5) is 13.1. The first kappa shape index (κ1) is 18.2. The number of nitrogens with one attached hydrogen (secondary N) is 3. The van der Waals surface area contributed by atoms with Crippen LogP contribution in [0.3, 0.4) is 0 Å². The molecule has 1 aliphatic heterocycles. The van der Waals surface area contributed by atoms with Gasteiger partial charge in [-0.3, -0.25) is 10.1 Å². The van der Waals surface area contributed by atoms with Crippen LogP contribution in [-0.4, -0.2) is 51.5 Å². The van der Waals surface area contributed by atoms with E-state index in [-0.39, 0.29) is 6.10 Å². The number of aromatic amines is 1. The van der Waals surface area contributed by atoms with Crippen molar-refractivity contribution in [2.45, 2.75) is 25.9 Å². The summed E-state index contributed by atoms with van der Waals surface area (Å²) >= 11 is 0. The smallest absolute Gasteiger partial charge is 0.234 e. The molecule has 0 spiro atoms. The normalized spacial score (nSPS) is 16.6. The van der Waals surface area contributed by atoms with Gasteiger partial charge >= 0.3 is 0 Å². The second-order valence-electron chi connectivity index (χ2n) is 6.63. The van der Waals surface area contributed by atoms with Crippen LogP contribution < -0.4 is 20.1 Å². The molecule has 0 radical (unpaired) electrons. The molecule has 1 unspecified atom stereocenters. The molecule has 1 aliphatic rings. The van der Waals surface area contributed by atoms with E-state index in [1.54, 1.807) is 19.5 Å². The molecule has 9 heteroatoms. The highest BCUT2D eigenvalue weighted by Crippen LogP contribution is 2.29. The van der Waals surface area contributed by atoms with Crippen molar-refractivity contribution >= 4 is 11.6 Å². The van der Waals surface area contributed by atoms with Crippen molar-refractivity contribution in [3.8, 4) is 23.0 Å². The van der Waals surface area contributed by atoms with Crippen molar-refractivity contribution in [1.82, 2.24) is 30.5 Å². The molecular weight excluding hydrogens is 358 g/mol. The first-order chi connectivity index (χ1) is 13.7.